The van der Waals surface area contributed by atoms with Crippen LogP contribution >= 0.6 is 0 Å². The van der Waals surface area contributed by atoms with Crippen LogP contribution in [0, 0.1) is 5.92 Å². The first-order valence-corrected chi connectivity index (χ1v) is 7.19. The van der Waals surface area contributed by atoms with Crippen molar-refractivity contribution in [2.45, 2.75) is 19.9 Å². The van der Waals surface area contributed by atoms with Crippen molar-refractivity contribution in [3.63, 3.8) is 0 Å². The highest BCUT2D eigenvalue weighted by Gasteiger charge is 2.20. The topological polar surface area (TPSA) is 59.4 Å². The van der Waals surface area contributed by atoms with Crippen LogP contribution in [0.5, 0.6) is 0 Å². The number of nitrogens with one attached hydrogen (secondary N) is 1. The zero-order chi connectivity index (χ0) is 14.5. The normalized spacial score (nSPS) is 19.4. The molecule has 112 valence electrons. The van der Waals surface area contributed by atoms with Crippen molar-refractivity contribution in [1.82, 2.24) is 20.0 Å². The number of nitrogens with zero attached hydrogens (tertiary/aromatic N) is 3. The van der Waals surface area contributed by atoms with E-state index < -0.39 is 0 Å². The Bertz CT molecular complexity index is 458. The molecule has 0 aromatic carbocycles. The van der Waals surface area contributed by atoms with E-state index in [2.05, 4.69) is 22.4 Å². The molecular weight excluding hydrogens is 256 g/mol. The second-order valence-corrected chi connectivity index (χ2v) is 5.40. The molecule has 2 heterocycles. The first kappa shape index (κ1) is 15.0. The van der Waals surface area contributed by atoms with Gasteiger partial charge in [-0.05, 0) is 39.4 Å². The highest BCUT2D eigenvalue weighted by molar-refractivity contribution is 5.90. The van der Waals surface area contributed by atoms with Gasteiger partial charge in [0.25, 0.3) is 0 Å². The van der Waals surface area contributed by atoms with E-state index in [1.54, 1.807) is 10.9 Å². The van der Waals surface area contributed by atoms with Crippen LogP contribution in [-0.2, 0) is 18.3 Å². The standard InChI is InChI=1S/C14H24N4O2/c1-4-20-14(19)12-8-16-18(3)13(12)9-15-7-11-5-6-17(2)10-11/h8,11,15H,4-7,9-10H2,1-3H3. The Labute approximate surface area is 120 Å². The fourth-order valence-electron chi connectivity index (χ4n) is 2.64. The lowest BCUT2D eigenvalue weighted by Gasteiger charge is -2.12. The minimum atomic E-state index is -0.294. The Kier molecular flexibility index (Phi) is 5.14. The molecule has 1 aromatic rings. The molecule has 0 bridgehead atoms. The molecule has 0 saturated carbocycles. The summed E-state index contributed by atoms with van der Waals surface area (Å²) in [7, 11) is 4.00. The SMILES string of the molecule is CCOC(=O)c1cnn(C)c1CNCC1CCN(C)C1. The van der Waals surface area contributed by atoms with E-state index in [-0.39, 0.29) is 5.97 Å². The van der Waals surface area contributed by atoms with Gasteiger partial charge in [-0.25, -0.2) is 4.79 Å². The average Bonchev–Trinajstić information content (AvgIpc) is 2.97. The number of carbonyl (C=O) groups excluding carboxylic acids is 1. The van der Waals surface area contributed by atoms with Crippen molar-refractivity contribution < 1.29 is 9.53 Å². The van der Waals surface area contributed by atoms with Gasteiger partial charge in [0.15, 0.2) is 0 Å². The molecule has 20 heavy (non-hydrogen) atoms. The third kappa shape index (κ3) is 3.58. The van der Waals surface area contributed by atoms with Crippen molar-refractivity contribution >= 4 is 5.97 Å². The number of ether oxygens (including phenoxy) is 1. The Hall–Kier alpha value is -1.40. The first-order valence-electron chi connectivity index (χ1n) is 7.19. The summed E-state index contributed by atoms with van der Waals surface area (Å²) in [6.45, 7) is 6.12. The molecule has 1 unspecified atom stereocenters. The molecule has 1 aliphatic heterocycles. The van der Waals surface area contributed by atoms with E-state index in [0.717, 1.165) is 18.8 Å². The lowest BCUT2D eigenvalue weighted by atomic mass is 10.1. The summed E-state index contributed by atoms with van der Waals surface area (Å²) < 4.78 is 6.79. The fraction of sp³-hybridized carbons (Fsp3) is 0.714. The van der Waals surface area contributed by atoms with Crippen LogP contribution in [0.2, 0.25) is 0 Å². The van der Waals surface area contributed by atoms with Crippen LogP contribution in [0.1, 0.15) is 29.4 Å². The molecule has 1 saturated heterocycles. The summed E-state index contributed by atoms with van der Waals surface area (Å²) in [5, 5.41) is 7.58. The zero-order valence-corrected chi connectivity index (χ0v) is 12.6. The van der Waals surface area contributed by atoms with E-state index in [1.807, 2.05) is 14.0 Å². The van der Waals surface area contributed by atoms with Gasteiger partial charge < -0.3 is 15.0 Å². The molecule has 0 spiro atoms. The van der Waals surface area contributed by atoms with Crippen LogP contribution in [0.3, 0.4) is 0 Å². The quantitative estimate of drug-likeness (QED) is 0.775. The Morgan fingerprint density at radius 3 is 3.00 bits per heavy atom. The average molecular weight is 280 g/mol. The summed E-state index contributed by atoms with van der Waals surface area (Å²) in [6, 6.07) is 0. The molecule has 6 heteroatoms. The highest BCUT2D eigenvalue weighted by atomic mass is 16.5. The molecule has 0 radical (unpaired) electrons. The van der Waals surface area contributed by atoms with Crippen molar-refractivity contribution in [2.24, 2.45) is 13.0 Å². The Morgan fingerprint density at radius 2 is 2.35 bits per heavy atom. The number of carbonyl (C=O) groups is 1. The lowest BCUT2D eigenvalue weighted by Crippen LogP contribution is -2.26. The summed E-state index contributed by atoms with van der Waals surface area (Å²) in [5.41, 5.74) is 1.44. The fourth-order valence-corrected chi connectivity index (χ4v) is 2.64. The van der Waals surface area contributed by atoms with Gasteiger partial charge in [-0.3, -0.25) is 4.68 Å². The van der Waals surface area contributed by atoms with Gasteiger partial charge in [0.2, 0.25) is 0 Å². The van der Waals surface area contributed by atoms with E-state index in [0.29, 0.717) is 24.6 Å². The Morgan fingerprint density at radius 1 is 1.55 bits per heavy atom. The minimum Gasteiger partial charge on any atom is -0.462 e. The monoisotopic (exact) mass is 280 g/mol. The van der Waals surface area contributed by atoms with E-state index >= 15 is 0 Å². The molecule has 2 rings (SSSR count). The van der Waals surface area contributed by atoms with Crippen LogP contribution in [0.25, 0.3) is 0 Å². The first-order chi connectivity index (χ1) is 9.61. The third-order valence-corrected chi connectivity index (χ3v) is 3.77. The number of rotatable bonds is 6. The molecule has 1 aliphatic rings. The molecule has 1 atom stereocenters. The van der Waals surface area contributed by atoms with E-state index in [4.69, 9.17) is 4.74 Å². The number of hydrogen-bond donors (Lipinski definition) is 1. The summed E-state index contributed by atoms with van der Waals surface area (Å²) >= 11 is 0. The molecule has 1 fully saturated rings. The summed E-state index contributed by atoms with van der Waals surface area (Å²) in [6.07, 6.45) is 2.82. The Balaban J connectivity index is 1.88. The highest BCUT2D eigenvalue weighted by Crippen LogP contribution is 2.14. The second kappa shape index (κ2) is 6.85. The van der Waals surface area contributed by atoms with Gasteiger partial charge in [0, 0.05) is 20.1 Å². The number of likely N-dealkylation sites (tertiary alicyclic amines) is 1. The van der Waals surface area contributed by atoms with Crippen LogP contribution < -0.4 is 5.32 Å². The van der Waals surface area contributed by atoms with Gasteiger partial charge in [0.05, 0.1) is 18.5 Å². The van der Waals surface area contributed by atoms with Crippen molar-refractivity contribution in [3.8, 4) is 0 Å². The van der Waals surface area contributed by atoms with Gasteiger partial charge in [0.1, 0.15) is 5.56 Å². The van der Waals surface area contributed by atoms with Gasteiger partial charge >= 0.3 is 5.97 Å². The van der Waals surface area contributed by atoms with E-state index in [9.17, 15) is 4.79 Å². The number of aryl methyl sites for hydroxylation is 1. The van der Waals surface area contributed by atoms with Gasteiger partial charge in [-0.15, -0.1) is 0 Å². The predicted molar refractivity (Wildman–Crippen MR) is 76.5 cm³/mol. The van der Waals surface area contributed by atoms with Crippen LogP contribution in [0.15, 0.2) is 6.20 Å². The number of aromatic nitrogens is 2. The van der Waals surface area contributed by atoms with Gasteiger partial charge in [-0.2, -0.15) is 5.10 Å². The maximum absolute atomic E-state index is 11.8. The zero-order valence-electron chi connectivity index (χ0n) is 12.6. The minimum absolute atomic E-state index is 0.294. The molecule has 6 nitrogen and oxygen atoms in total. The largest absolute Gasteiger partial charge is 0.462 e. The summed E-state index contributed by atoms with van der Waals surface area (Å²) in [5.74, 6) is 0.400. The maximum atomic E-state index is 11.8. The molecule has 0 aliphatic carbocycles. The second-order valence-electron chi connectivity index (χ2n) is 5.40. The van der Waals surface area contributed by atoms with Crippen LogP contribution in [-0.4, -0.2) is 53.9 Å². The van der Waals surface area contributed by atoms with Crippen LogP contribution in [0.4, 0.5) is 0 Å². The molecule has 1 N–H and O–H groups in total. The van der Waals surface area contributed by atoms with Crippen molar-refractivity contribution in [3.05, 3.63) is 17.5 Å². The molecule has 1 aromatic heterocycles. The van der Waals surface area contributed by atoms with Gasteiger partial charge in [-0.1, -0.05) is 0 Å². The predicted octanol–water partition coefficient (Wildman–Crippen LogP) is 0.638. The maximum Gasteiger partial charge on any atom is 0.341 e. The molecule has 0 amide bonds. The smallest absolute Gasteiger partial charge is 0.341 e. The van der Waals surface area contributed by atoms with E-state index in [1.165, 1.54) is 13.0 Å². The number of esters is 1. The summed E-state index contributed by atoms with van der Waals surface area (Å²) in [4.78, 5) is 14.2. The third-order valence-electron chi connectivity index (χ3n) is 3.77. The van der Waals surface area contributed by atoms with Crippen molar-refractivity contribution in [1.29, 1.82) is 0 Å². The number of hydrogen-bond acceptors (Lipinski definition) is 5. The van der Waals surface area contributed by atoms with Crippen molar-refractivity contribution in [2.75, 3.05) is 33.3 Å². The lowest BCUT2D eigenvalue weighted by molar-refractivity contribution is 0.0524. The molecular formula is C14H24N4O2.